The average molecular weight is 391 g/mol. The zero-order valence-corrected chi connectivity index (χ0v) is 16.4. The van der Waals surface area contributed by atoms with Gasteiger partial charge in [0.15, 0.2) is 11.2 Å². The van der Waals surface area contributed by atoms with Gasteiger partial charge >= 0.3 is 0 Å². The summed E-state index contributed by atoms with van der Waals surface area (Å²) in [7, 11) is 0. The summed E-state index contributed by atoms with van der Waals surface area (Å²) >= 11 is 5.28. The van der Waals surface area contributed by atoms with Gasteiger partial charge in [0.1, 0.15) is 5.75 Å². The first-order valence-corrected chi connectivity index (χ1v) is 9.76. The largest absolute Gasteiger partial charge is 0.478 e. The molecule has 4 atom stereocenters. The number of rotatable bonds is 3. The van der Waals surface area contributed by atoms with Crippen LogP contribution < -0.4 is 26.2 Å². The van der Waals surface area contributed by atoms with Gasteiger partial charge in [0.2, 0.25) is 5.91 Å². The molecule has 0 unspecified atom stereocenters. The van der Waals surface area contributed by atoms with E-state index in [-0.39, 0.29) is 18.2 Å². The van der Waals surface area contributed by atoms with E-state index in [9.17, 15) is 9.59 Å². The Morgan fingerprint density at radius 3 is 2.85 bits per heavy atom. The van der Waals surface area contributed by atoms with Crippen LogP contribution >= 0.6 is 12.2 Å². The van der Waals surface area contributed by atoms with Crippen LogP contribution in [0.1, 0.15) is 39.5 Å². The van der Waals surface area contributed by atoms with E-state index in [4.69, 9.17) is 17.0 Å². The lowest BCUT2D eigenvalue weighted by molar-refractivity contribution is -0.130. The molecular weight excluding hydrogens is 364 g/mol. The van der Waals surface area contributed by atoms with Crippen LogP contribution in [0.15, 0.2) is 24.3 Å². The molecule has 2 amide bonds. The van der Waals surface area contributed by atoms with E-state index >= 15 is 0 Å². The number of benzene rings is 1. The monoisotopic (exact) mass is 390 g/mol. The summed E-state index contributed by atoms with van der Waals surface area (Å²) in [5, 5.41) is 6.40. The fraction of sp³-hybridized carbons (Fsp3) is 0.526. The van der Waals surface area contributed by atoms with Crippen LogP contribution in [0.4, 0.5) is 5.69 Å². The van der Waals surface area contributed by atoms with Crippen molar-refractivity contribution in [3.63, 3.8) is 0 Å². The normalized spacial score (nSPS) is 26.8. The van der Waals surface area contributed by atoms with Gasteiger partial charge in [-0.2, -0.15) is 0 Å². The van der Waals surface area contributed by atoms with Crippen molar-refractivity contribution < 1.29 is 14.3 Å². The number of carbonyl (C=O) groups excluding carboxylic acids is 2. The van der Waals surface area contributed by atoms with Crippen molar-refractivity contribution in [1.29, 1.82) is 0 Å². The second-order valence-electron chi connectivity index (χ2n) is 7.32. The molecule has 2 aliphatic rings. The fourth-order valence-electron chi connectivity index (χ4n) is 3.56. The number of hydrogen-bond acceptors (Lipinski definition) is 4. The molecule has 1 aromatic carbocycles. The Hall–Kier alpha value is -2.35. The molecule has 3 rings (SSSR count). The molecule has 1 heterocycles. The van der Waals surface area contributed by atoms with Crippen molar-refractivity contribution in [3.05, 3.63) is 24.3 Å². The Kier molecular flexibility index (Phi) is 6.15. The van der Waals surface area contributed by atoms with Crippen LogP contribution in [-0.4, -0.2) is 29.1 Å². The van der Waals surface area contributed by atoms with E-state index in [1.54, 1.807) is 18.2 Å². The summed E-state index contributed by atoms with van der Waals surface area (Å²) in [6.45, 7) is 4.48. The summed E-state index contributed by atoms with van der Waals surface area (Å²) < 4.78 is 5.62. The number of amides is 2. The highest BCUT2D eigenvalue weighted by atomic mass is 32.1. The molecule has 27 heavy (non-hydrogen) atoms. The van der Waals surface area contributed by atoms with Gasteiger partial charge in [-0.05, 0) is 42.6 Å². The number of carbonyl (C=O) groups is 2. The summed E-state index contributed by atoms with van der Waals surface area (Å²) in [5.41, 5.74) is 5.87. The lowest BCUT2D eigenvalue weighted by Gasteiger charge is -2.35. The summed E-state index contributed by atoms with van der Waals surface area (Å²) in [6, 6.07) is 7.42. The molecule has 1 aromatic rings. The standard InChI is InChI=1S/C19H26N4O3S/c1-11-6-5-8-13(12(11)2)21-19(27)23-22-17(24)10-16-18(25)20-14-7-3-4-9-15(14)26-16/h3-4,7,9,11-13,16H,5-6,8,10H2,1-2H3,(H,20,25)(H,22,24)(H2,21,23,27)/t11-,12-,13-,16-/m1/s1. The highest BCUT2D eigenvalue weighted by Crippen LogP contribution is 2.30. The van der Waals surface area contributed by atoms with E-state index in [2.05, 4.69) is 35.3 Å². The second kappa shape index (κ2) is 8.56. The third-order valence-corrected chi connectivity index (χ3v) is 5.64. The minimum absolute atomic E-state index is 0.105. The van der Waals surface area contributed by atoms with Crippen LogP contribution in [0.2, 0.25) is 0 Å². The number of fused-ring (bicyclic) bond motifs is 1. The molecule has 1 fully saturated rings. The average Bonchev–Trinajstić information content (AvgIpc) is 2.64. The molecule has 1 aliphatic carbocycles. The molecule has 0 aromatic heterocycles. The fourth-order valence-corrected chi connectivity index (χ4v) is 3.77. The second-order valence-corrected chi connectivity index (χ2v) is 7.72. The maximum absolute atomic E-state index is 12.2. The number of hydrogen-bond donors (Lipinski definition) is 4. The number of para-hydroxylation sites is 2. The van der Waals surface area contributed by atoms with Crippen LogP contribution in [0.5, 0.6) is 5.75 Å². The van der Waals surface area contributed by atoms with Crippen molar-refractivity contribution in [2.24, 2.45) is 11.8 Å². The molecule has 7 nitrogen and oxygen atoms in total. The first-order valence-electron chi connectivity index (χ1n) is 9.36. The summed E-state index contributed by atoms with van der Waals surface area (Å²) in [4.78, 5) is 24.2. The van der Waals surface area contributed by atoms with Gasteiger partial charge in [0.25, 0.3) is 5.91 Å². The topological polar surface area (TPSA) is 91.5 Å². The molecule has 0 spiro atoms. The Morgan fingerprint density at radius 2 is 2.04 bits per heavy atom. The summed E-state index contributed by atoms with van der Waals surface area (Å²) in [5.74, 6) is 1.02. The maximum Gasteiger partial charge on any atom is 0.266 e. The Morgan fingerprint density at radius 1 is 1.26 bits per heavy atom. The van der Waals surface area contributed by atoms with Crippen LogP contribution in [0, 0.1) is 11.8 Å². The molecule has 146 valence electrons. The lowest BCUT2D eigenvalue weighted by atomic mass is 9.78. The van der Waals surface area contributed by atoms with E-state index in [1.807, 2.05) is 6.07 Å². The van der Waals surface area contributed by atoms with Crippen molar-refractivity contribution in [2.45, 2.75) is 51.7 Å². The van der Waals surface area contributed by atoms with Gasteiger partial charge in [0, 0.05) is 6.04 Å². The molecule has 1 saturated carbocycles. The smallest absolute Gasteiger partial charge is 0.266 e. The maximum atomic E-state index is 12.2. The van der Waals surface area contributed by atoms with Crippen LogP contribution in [-0.2, 0) is 9.59 Å². The van der Waals surface area contributed by atoms with Gasteiger partial charge in [0.05, 0.1) is 12.1 Å². The molecule has 8 heteroatoms. The number of hydrazine groups is 1. The van der Waals surface area contributed by atoms with Gasteiger partial charge in [-0.3, -0.25) is 20.4 Å². The predicted molar refractivity (Wildman–Crippen MR) is 107 cm³/mol. The van der Waals surface area contributed by atoms with Crippen molar-refractivity contribution >= 4 is 34.8 Å². The quantitative estimate of drug-likeness (QED) is 0.467. The van der Waals surface area contributed by atoms with E-state index in [0.717, 1.165) is 6.42 Å². The highest BCUT2D eigenvalue weighted by molar-refractivity contribution is 7.80. The molecule has 0 saturated heterocycles. The van der Waals surface area contributed by atoms with Crippen molar-refractivity contribution in [2.75, 3.05) is 5.32 Å². The zero-order chi connectivity index (χ0) is 19.4. The predicted octanol–water partition coefficient (Wildman–Crippen LogP) is 2.10. The number of anilines is 1. The Balaban J connectivity index is 1.44. The van der Waals surface area contributed by atoms with Crippen LogP contribution in [0.25, 0.3) is 0 Å². The van der Waals surface area contributed by atoms with E-state index in [0.29, 0.717) is 34.4 Å². The van der Waals surface area contributed by atoms with Gasteiger partial charge in [-0.1, -0.05) is 38.8 Å². The van der Waals surface area contributed by atoms with Crippen molar-refractivity contribution in [3.8, 4) is 5.75 Å². The Labute approximate surface area is 164 Å². The highest BCUT2D eigenvalue weighted by Gasteiger charge is 2.30. The van der Waals surface area contributed by atoms with Gasteiger partial charge in [-0.25, -0.2) is 0 Å². The first-order chi connectivity index (χ1) is 12.9. The SMILES string of the molecule is C[C@@H]1[C@H](C)CCC[C@H]1NC(=S)NNC(=O)C[C@H]1Oc2ccccc2NC1=O. The molecule has 0 bridgehead atoms. The van der Waals surface area contributed by atoms with E-state index < -0.39 is 6.10 Å². The van der Waals surface area contributed by atoms with Gasteiger partial charge in [-0.15, -0.1) is 0 Å². The number of thiocarbonyl (C=S) groups is 1. The minimum atomic E-state index is -0.873. The summed E-state index contributed by atoms with van der Waals surface area (Å²) in [6.07, 6.45) is 2.50. The van der Waals surface area contributed by atoms with Crippen LogP contribution in [0.3, 0.4) is 0 Å². The van der Waals surface area contributed by atoms with E-state index in [1.165, 1.54) is 12.8 Å². The number of ether oxygens (including phenoxy) is 1. The molecular formula is C19H26N4O3S. The molecule has 1 aliphatic heterocycles. The molecule has 0 radical (unpaired) electrons. The number of nitrogens with one attached hydrogen (secondary N) is 4. The third-order valence-electron chi connectivity index (χ3n) is 5.42. The van der Waals surface area contributed by atoms with Crippen molar-refractivity contribution in [1.82, 2.24) is 16.2 Å². The molecule has 4 N–H and O–H groups in total. The Bertz CT molecular complexity index is 727. The van der Waals surface area contributed by atoms with Gasteiger partial charge < -0.3 is 15.4 Å². The third kappa shape index (κ3) is 4.88. The minimum Gasteiger partial charge on any atom is -0.478 e. The first kappa shape index (κ1) is 19.4. The lowest BCUT2D eigenvalue weighted by Crippen LogP contribution is -2.53. The zero-order valence-electron chi connectivity index (χ0n) is 15.6.